The van der Waals surface area contributed by atoms with E-state index < -0.39 is 35.1 Å². The van der Waals surface area contributed by atoms with Gasteiger partial charge in [0.2, 0.25) is 17.6 Å². The Labute approximate surface area is 280 Å². The Balaban J connectivity index is 1.24. The van der Waals surface area contributed by atoms with E-state index in [0.29, 0.717) is 29.7 Å². The second-order valence-electron chi connectivity index (χ2n) is 14.3. The van der Waals surface area contributed by atoms with Gasteiger partial charge in [-0.3, -0.25) is 28.8 Å². The van der Waals surface area contributed by atoms with Crippen LogP contribution in [0.5, 0.6) is 0 Å². The number of carbonyl (C=O) groups is 5. The summed E-state index contributed by atoms with van der Waals surface area (Å²) in [5, 5.41) is 10.5. The van der Waals surface area contributed by atoms with E-state index >= 15 is 0 Å². The van der Waals surface area contributed by atoms with Crippen molar-refractivity contribution < 1.29 is 28.4 Å². The van der Waals surface area contributed by atoms with Crippen molar-refractivity contribution in [2.75, 3.05) is 18.9 Å². The molecule has 2 aromatic heterocycles. The molecule has 3 aliphatic carbocycles. The summed E-state index contributed by atoms with van der Waals surface area (Å²) in [5.41, 5.74) is 0.904. The molecule has 4 N–H and O–H groups in total. The number of anilines is 1. The van der Waals surface area contributed by atoms with Gasteiger partial charge in [0.15, 0.2) is 5.76 Å². The fourth-order valence-corrected chi connectivity index (χ4v) is 8.02. The second kappa shape index (κ2) is 14.7. The van der Waals surface area contributed by atoms with Crippen LogP contribution in [0.1, 0.15) is 92.7 Å². The topological polar surface area (TPSA) is 169 Å². The maximum absolute atomic E-state index is 13.5. The number of aromatic nitrogens is 1. The van der Waals surface area contributed by atoms with Crippen LogP contribution in [-0.2, 0) is 32.1 Å². The van der Waals surface area contributed by atoms with Crippen LogP contribution in [0.3, 0.4) is 0 Å². The third kappa shape index (κ3) is 8.14. The van der Waals surface area contributed by atoms with Gasteiger partial charge in [0, 0.05) is 37.3 Å². The highest BCUT2D eigenvalue weighted by molar-refractivity contribution is 6.36. The first kappa shape index (κ1) is 34.8. The summed E-state index contributed by atoms with van der Waals surface area (Å²) >= 11 is 0. The molecule has 4 amide bonds. The van der Waals surface area contributed by atoms with E-state index in [-0.39, 0.29) is 42.2 Å². The van der Waals surface area contributed by atoms with Crippen molar-refractivity contribution in [2.24, 2.45) is 23.2 Å². The highest BCUT2D eigenvalue weighted by atomic mass is 16.4. The number of carbonyl (C=O) groups excluding carboxylic acids is 5. The van der Waals surface area contributed by atoms with E-state index in [1.807, 2.05) is 6.08 Å². The SMILES string of the molecule is CNC(=O)C(=O)CC[C@H](NC(=O)c1oc2c(c1C)CCC=C2)C(=O)Nc1cccn(CC(=O)NCC2(C)CC3CC(C)CC(C3)C2)c1=O. The summed E-state index contributed by atoms with van der Waals surface area (Å²) in [6, 6.07) is 1.67. The first-order valence-electron chi connectivity index (χ1n) is 17.0. The fraction of sp³-hybridized carbons (Fsp3) is 0.556. The van der Waals surface area contributed by atoms with Crippen molar-refractivity contribution in [3.8, 4) is 0 Å². The van der Waals surface area contributed by atoms with Gasteiger partial charge >= 0.3 is 0 Å². The van der Waals surface area contributed by atoms with E-state index in [2.05, 4.69) is 35.1 Å². The van der Waals surface area contributed by atoms with Gasteiger partial charge in [-0.2, -0.15) is 0 Å². The predicted octanol–water partition coefficient (Wildman–Crippen LogP) is 3.51. The van der Waals surface area contributed by atoms with Gasteiger partial charge in [-0.15, -0.1) is 0 Å². The molecule has 48 heavy (non-hydrogen) atoms. The van der Waals surface area contributed by atoms with Crippen LogP contribution in [-0.4, -0.2) is 53.6 Å². The third-order valence-corrected chi connectivity index (χ3v) is 10.1. The zero-order valence-electron chi connectivity index (χ0n) is 28.3. The minimum atomic E-state index is -1.28. The zero-order chi connectivity index (χ0) is 34.6. The van der Waals surface area contributed by atoms with Gasteiger partial charge in [-0.05, 0) is 99.7 Å². The van der Waals surface area contributed by atoms with Gasteiger partial charge in [0.1, 0.15) is 24.0 Å². The van der Waals surface area contributed by atoms with Gasteiger partial charge in [0.25, 0.3) is 17.4 Å². The average Bonchev–Trinajstić information content (AvgIpc) is 3.38. The van der Waals surface area contributed by atoms with E-state index in [1.165, 1.54) is 43.1 Å². The molecule has 0 aromatic carbocycles. The lowest BCUT2D eigenvalue weighted by Gasteiger charge is -2.47. The van der Waals surface area contributed by atoms with Gasteiger partial charge in [-0.25, -0.2) is 0 Å². The highest BCUT2D eigenvalue weighted by Crippen LogP contribution is 2.49. The highest BCUT2D eigenvalue weighted by Gasteiger charge is 2.41. The molecule has 3 aliphatic rings. The molecular weight excluding hydrogens is 614 g/mol. The summed E-state index contributed by atoms with van der Waals surface area (Å²) in [6.45, 7) is 6.65. The Kier molecular flexibility index (Phi) is 10.7. The minimum absolute atomic E-state index is 0.0208. The van der Waals surface area contributed by atoms with Gasteiger partial charge in [-0.1, -0.05) is 19.9 Å². The molecule has 2 aromatic rings. The Bertz CT molecular complexity index is 1650. The number of hydrogen-bond acceptors (Lipinski definition) is 7. The van der Waals surface area contributed by atoms with E-state index in [0.717, 1.165) is 37.2 Å². The summed E-state index contributed by atoms with van der Waals surface area (Å²) in [5.74, 6) is -0.512. The minimum Gasteiger partial charge on any atom is -0.451 e. The summed E-state index contributed by atoms with van der Waals surface area (Å²) < 4.78 is 7.01. The van der Waals surface area contributed by atoms with Crippen LogP contribution in [0.25, 0.3) is 6.08 Å². The maximum atomic E-state index is 13.5. The lowest BCUT2D eigenvalue weighted by molar-refractivity contribution is -0.137. The lowest BCUT2D eigenvalue weighted by Crippen LogP contribution is -2.46. The van der Waals surface area contributed by atoms with Crippen molar-refractivity contribution in [3.05, 3.63) is 57.4 Å². The molecule has 0 radical (unpaired) electrons. The number of furan rings is 1. The summed E-state index contributed by atoms with van der Waals surface area (Å²) in [7, 11) is 1.32. The summed E-state index contributed by atoms with van der Waals surface area (Å²) in [4.78, 5) is 77.2. The van der Waals surface area contributed by atoms with E-state index in [9.17, 15) is 28.8 Å². The first-order valence-corrected chi connectivity index (χ1v) is 17.0. The maximum Gasteiger partial charge on any atom is 0.287 e. The van der Waals surface area contributed by atoms with Crippen LogP contribution in [0, 0.1) is 30.1 Å². The normalized spacial score (nSPS) is 23.4. The molecule has 2 fully saturated rings. The molecule has 2 unspecified atom stereocenters. The van der Waals surface area contributed by atoms with E-state index in [4.69, 9.17) is 4.42 Å². The fourth-order valence-electron chi connectivity index (χ4n) is 8.02. The number of amides is 4. The number of Topliss-reactive ketones (excluding diaryl/α,β-unsaturated/α-hetero) is 1. The largest absolute Gasteiger partial charge is 0.451 e. The summed E-state index contributed by atoms with van der Waals surface area (Å²) in [6.07, 6.45) is 12.2. The van der Waals surface area contributed by atoms with Gasteiger partial charge in [0.05, 0.1) is 0 Å². The first-order chi connectivity index (χ1) is 22.9. The van der Waals surface area contributed by atoms with Crippen molar-refractivity contribution in [2.45, 2.75) is 91.1 Å². The molecule has 3 atom stereocenters. The van der Waals surface area contributed by atoms with Crippen LogP contribution in [0.15, 0.2) is 33.6 Å². The van der Waals surface area contributed by atoms with Crippen molar-refractivity contribution in [1.82, 2.24) is 20.5 Å². The molecule has 0 saturated heterocycles. The molecule has 12 heteroatoms. The van der Waals surface area contributed by atoms with Crippen molar-refractivity contribution in [1.29, 1.82) is 0 Å². The second-order valence-corrected chi connectivity index (χ2v) is 14.3. The Morgan fingerprint density at radius 3 is 2.52 bits per heavy atom. The molecule has 2 saturated carbocycles. The zero-order valence-corrected chi connectivity index (χ0v) is 28.3. The lowest BCUT2D eigenvalue weighted by atomic mass is 9.59. The number of ketones is 1. The number of pyridine rings is 1. The molecule has 258 valence electrons. The van der Waals surface area contributed by atoms with E-state index in [1.54, 1.807) is 19.1 Å². The number of fused-ring (bicyclic) bond motifs is 3. The molecule has 12 nitrogen and oxygen atoms in total. The van der Waals surface area contributed by atoms with Crippen LogP contribution in [0.2, 0.25) is 0 Å². The van der Waals surface area contributed by atoms with Crippen LogP contribution < -0.4 is 26.8 Å². The number of hydrogen-bond donors (Lipinski definition) is 4. The predicted molar refractivity (Wildman–Crippen MR) is 180 cm³/mol. The number of likely N-dealkylation sites (N-methyl/N-ethyl adjacent to an activating group) is 1. The third-order valence-electron chi connectivity index (χ3n) is 10.1. The molecule has 0 spiro atoms. The molecule has 2 bridgehead atoms. The molecule has 5 rings (SSSR count). The Morgan fingerprint density at radius 1 is 1.10 bits per heavy atom. The standard InChI is InChI=1S/C36H47N5O7/c1-21-14-23-16-24(15-21)18-36(3,17-23)20-38-30(43)19-41-13-7-9-27(35(41)47)40-32(44)26(11-12-28(42)33(45)37-4)39-34(46)31-22(2)25-8-5-6-10-29(25)48-31/h6-7,9-10,13,21,23-24,26H,5,8,11-12,14-20H2,1-4H3,(H,37,45)(H,38,43)(H,39,46)(H,40,44)/t21?,23?,24?,26-,36?/m0/s1. The number of rotatable bonds is 12. The average molecular weight is 662 g/mol. The Morgan fingerprint density at radius 2 is 1.83 bits per heavy atom. The monoisotopic (exact) mass is 661 g/mol. The smallest absolute Gasteiger partial charge is 0.287 e. The molecular formula is C36H47N5O7. The van der Waals surface area contributed by atoms with Crippen molar-refractivity contribution >= 4 is 41.2 Å². The number of allylic oxidation sites excluding steroid dienone is 1. The Hall–Kier alpha value is -4.48. The number of nitrogens with zero attached hydrogens (tertiary/aromatic N) is 1. The molecule has 2 heterocycles. The molecule has 0 aliphatic heterocycles. The number of nitrogens with one attached hydrogen (secondary N) is 4. The van der Waals surface area contributed by atoms with Crippen molar-refractivity contribution in [3.63, 3.8) is 0 Å². The van der Waals surface area contributed by atoms with Crippen LogP contribution >= 0.6 is 0 Å². The van der Waals surface area contributed by atoms with Gasteiger partial charge < -0.3 is 30.3 Å². The quantitative estimate of drug-likeness (QED) is 0.253. The van der Waals surface area contributed by atoms with Crippen LogP contribution in [0.4, 0.5) is 5.69 Å².